The Bertz CT molecular complexity index is 485. The molecule has 0 saturated carbocycles. The van der Waals surface area contributed by atoms with Crippen molar-refractivity contribution in [1.29, 1.82) is 0 Å². The summed E-state index contributed by atoms with van der Waals surface area (Å²) >= 11 is 0. The number of hydrogen-bond acceptors (Lipinski definition) is 2. The SMILES string of the molecule is Cc1cc(C)c(NC(=O)CN2CCC(CF)CC2)c(C)c1. The maximum atomic E-state index is 12.6. The normalized spacial score (nSPS) is 17.0. The number of carbonyl (C=O) groups excluding carboxylic acids is 1. The first-order valence-corrected chi connectivity index (χ1v) is 7.65. The van der Waals surface area contributed by atoms with Gasteiger partial charge >= 0.3 is 0 Å². The van der Waals surface area contributed by atoms with Crippen LogP contribution in [-0.2, 0) is 4.79 Å². The molecule has 0 aliphatic carbocycles. The number of alkyl halides is 1. The number of benzene rings is 1. The number of nitrogens with one attached hydrogen (secondary N) is 1. The van der Waals surface area contributed by atoms with Crippen LogP contribution in [0.25, 0.3) is 0 Å². The third kappa shape index (κ3) is 4.27. The molecule has 3 nitrogen and oxygen atoms in total. The Balaban J connectivity index is 1.91. The van der Waals surface area contributed by atoms with Crippen molar-refractivity contribution in [3.8, 4) is 0 Å². The fourth-order valence-electron chi connectivity index (χ4n) is 3.06. The second-order valence-corrected chi connectivity index (χ2v) is 6.20. The summed E-state index contributed by atoms with van der Waals surface area (Å²) in [6.07, 6.45) is 1.71. The first-order valence-electron chi connectivity index (χ1n) is 7.65. The number of likely N-dealkylation sites (tertiary alicyclic amines) is 1. The molecule has 116 valence electrons. The van der Waals surface area contributed by atoms with Crippen LogP contribution in [0.15, 0.2) is 12.1 Å². The largest absolute Gasteiger partial charge is 0.324 e. The van der Waals surface area contributed by atoms with E-state index in [2.05, 4.69) is 29.3 Å². The minimum absolute atomic E-state index is 0.0174. The third-order valence-electron chi connectivity index (χ3n) is 4.23. The highest BCUT2D eigenvalue weighted by molar-refractivity contribution is 5.93. The van der Waals surface area contributed by atoms with E-state index < -0.39 is 0 Å². The smallest absolute Gasteiger partial charge is 0.238 e. The predicted molar refractivity (Wildman–Crippen MR) is 84.4 cm³/mol. The fourth-order valence-corrected chi connectivity index (χ4v) is 3.06. The Morgan fingerprint density at radius 2 is 1.81 bits per heavy atom. The van der Waals surface area contributed by atoms with Gasteiger partial charge in [-0.1, -0.05) is 17.7 Å². The summed E-state index contributed by atoms with van der Waals surface area (Å²) in [4.78, 5) is 14.3. The van der Waals surface area contributed by atoms with Crippen LogP contribution in [0.1, 0.15) is 29.5 Å². The van der Waals surface area contributed by atoms with Gasteiger partial charge in [0.15, 0.2) is 0 Å². The molecular weight excluding hydrogens is 267 g/mol. The molecule has 1 saturated heterocycles. The van der Waals surface area contributed by atoms with Crippen LogP contribution in [-0.4, -0.2) is 37.1 Å². The molecule has 0 aromatic heterocycles. The summed E-state index contributed by atoms with van der Waals surface area (Å²) in [6, 6.07) is 4.16. The van der Waals surface area contributed by atoms with E-state index in [1.54, 1.807) is 0 Å². The van der Waals surface area contributed by atoms with E-state index in [4.69, 9.17) is 0 Å². The maximum Gasteiger partial charge on any atom is 0.238 e. The van der Waals surface area contributed by atoms with Gasteiger partial charge in [-0.25, -0.2) is 0 Å². The number of aryl methyl sites for hydroxylation is 3. The van der Waals surface area contributed by atoms with Crippen molar-refractivity contribution in [3.63, 3.8) is 0 Å². The predicted octanol–water partition coefficient (Wildman–Crippen LogP) is 3.23. The molecule has 1 aromatic carbocycles. The Kier molecular flexibility index (Phi) is 5.34. The van der Waals surface area contributed by atoms with Crippen LogP contribution in [0.2, 0.25) is 0 Å². The molecule has 1 amide bonds. The van der Waals surface area contributed by atoms with Gasteiger partial charge < -0.3 is 5.32 Å². The summed E-state index contributed by atoms with van der Waals surface area (Å²) in [7, 11) is 0. The fraction of sp³-hybridized carbons (Fsp3) is 0.588. The van der Waals surface area contributed by atoms with E-state index in [1.165, 1.54) is 5.56 Å². The van der Waals surface area contributed by atoms with E-state index in [1.807, 2.05) is 13.8 Å². The topological polar surface area (TPSA) is 32.3 Å². The van der Waals surface area contributed by atoms with Crippen LogP contribution in [0.3, 0.4) is 0 Å². The zero-order valence-corrected chi connectivity index (χ0v) is 13.2. The molecule has 0 spiro atoms. The quantitative estimate of drug-likeness (QED) is 0.924. The average molecular weight is 292 g/mol. The number of anilines is 1. The summed E-state index contributed by atoms with van der Waals surface area (Å²) in [5.74, 6) is 0.203. The number of hydrogen-bond donors (Lipinski definition) is 1. The standard InChI is InChI=1S/C17H25FN2O/c1-12-8-13(2)17(14(3)9-12)19-16(21)11-20-6-4-15(10-18)5-7-20/h8-9,15H,4-7,10-11H2,1-3H3,(H,19,21). The van der Waals surface area contributed by atoms with E-state index in [-0.39, 0.29) is 18.5 Å². The Morgan fingerprint density at radius 3 is 2.33 bits per heavy atom. The highest BCUT2D eigenvalue weighted by Gasteiger charge is 2.21. The Labute approximate surface area is 126 Å². The molecule has 1 heterocycles. The second-order valence-electron chi connectivity index (χ2n) is 6.20. The highest BCUT2D eigenvalue weighted by atomic mass is 19.1. The Morgan fingerprint density at radius 1 is 1.24 bits per heavy atom. The van der Waals surface area contributed by atoms with Crippen molar-refractivity contribution in [1.82, 2.24) is 4.90 Å². The number of nitrogens with zero attached hydrogens (tertiary/aromatic N) is 1. The van der Waals surface area contributed by atoms with Crippen molar-refractivity contribution in [3.05, 3.63) is 28.8 Å². The molecule has 21 heavy (non-hydrogen) atoms. The van der Waals surface area contributed by atoms with Crippen LogP contribution in [0.5, 0.6) is 0 Å². The van der Waals surface area contributed by atoms with Gasteiger partial charge in [-0.3, -0.25) is 14.1 Å². The van der Waals surface area contributed by atoms with Crippen LogP contribution in [0, 0.1) is 26.7 Å². The lowest BCUT2D eigenvalue weighted by Crippen LogP contribution is -2.39. The van der Waals surface area contributed by atoms with Crippen molar-refractivity contribution in [2.24, 2.45) is 5.92 Å². The van der Waals surface area contributed by atoms with Crippen molar-refractivity contribution in [2.45, 2.75) is 33.6 Å². The molecular formula is C17H25FN2O. The van der Waals surface area contributed by atoms with E-state index in [9.17, 15) is 9.18 Å². The molecule has 1 aliphatic heterocycles. The van der Waals surface area contributed by atoms with Gasteiger partial charge in [0.25, 0.3) is 0 Å². The minimum atomic E-state index is -0.234. The van der Waals surface area contributed by atoms with Gasteiger partial charge in [0, 0.05) is 5.69 Å². The number of rotatable bonds is 4. The lowest BCUT2D eigenvalue weighted by Gasteiger charge is -2.30. The monoisotopic (exact) mass is 292 g/mol. The first kappa shape index (κ1) is 16.0. The van der Waals surface area contributed by atoms with E-state index in [0.29, 0.717) is 6.54 Å². The molecule has 0 bridgehead atoms. The Hall–Kier alpha value is -1.42. The molecule has 4 heteroatoms. The third-order valence-corrected chi connectivity index (χ3v) is 4.23. The summed E-state index contributed by atoms with van der Waals surface area (Å²) in [5, 5.41) is 3.02. The molecule has 0 unspecified atom stereocenters. The molecule has 1 N–H and O–H groups in total. The molecule has 1 aliphatic rings. The molecule has 2 rings (SSSR count). The van der Waals surface area contributed by atoms with E-state index in [0.717, 1.165) is 42.7 Å². The van der Waals surface area contributed by atoms with E-state index >= 15 is 0 Å². The number of amides is 1. The average Bonchev–Trinajstić information content (AvgIpc) is 2.43. The van der Waals surface area contributed by atoms with Gasteiger partial charge in [0.05, 0.1) is 13.2 Å². The summed E-state index contributed by atoms with van der Waals surface area (Å²) in [5.41, 5.74) is 4.31. The lowest BCUT2D eigenvalue weighted by atomic mass is 9.98. The second kappa shape index (κ2) is 7.03. The number of halogens is 1. The first-order chi connectivity index (χ1) is 9.99. The van der Waals surface area contributed by atoms with Crippen LogP contribution >= 0.6 is 0 Å². The van der Waals surface area contributed by atoms with Crippen molar-refractivity contribution in [2.75, 3.05) is 31.6 Å². The highest BCUT2D eigenvalue weighted by Crippen LogP contribution is 2.22. The number of carbonyl (C=O) groups is 1. The summed E-state index contributed by atoms with van der Waals surface area (Å²) < 4.78 is 12.6. The summed E-state index contributed by atoms with van der Waals surface area (Å²) in [6.45, 7) is 7.88. The van der Waals surface area contributed by atoms with Gasteiger partial charge in [0.1, 0.15) is 0 Å². The molecule has 0 radical (unpaired) electrons. The maximum absolute atomic E-state index is 12.6. The molecule has 1 aromatic rings. The number of piperidine rings is 1. The molecule has 1 fully saturated rings. The minimum Gasteiger partial charge on any atom is -0.324 e. The van der Waals surface area contributed by atoms with Crippen molar-refractivity contribution < 1.29 is 9.18 Å². The van der Waals surface area contributed by atoms with Gasteiger partial charge in [-0.05, 0) is 63.7 Å². The van der Waals surface area contributed by atoms with Gasteiger partial charge in [0.2, 0.25) is 5.91 Å². The zero-order chi connectivity index (χ0) is 15.4. The zero-order valence-electron chi connectivity index (χ0n) is 13.2. The van der Waals surface area contributed by atoms with Crippen molar-refractivity contribution >= 4 is 11.6 Å². The lowest BCUT2D eigenvalue weighted by molar-refractivity contribution is -0.117. The molecule has 0 atom stereocenters. The van der Waals surface area contributed by atoms with Crippen LogP contribution in [0.4, 0.5) is 10.1 Å². The van der Waals surface area contributed by atoms with Gasteiger partial charge in [-0.15, -0.1) is 0 Å². The van der Waals surface area contributed by atoms with Gasteiger partial charge in [-0.2, -0.15) is 0 Å². The van der Waals surface area contributed by atoms with Crippen LogP contribution < -0.4 is 5.32 Å².